The molecule has 0 saturated carbocycles. The van der Waals surface area contributed by atoms with Crippen LogP contribution in [0, 0.1) is 0 Å². The lowest BCUT2D eigenvalue weighted by Crippen LogP contribution is -2.35. The summed E-state index contributed by atoms with van der Waals surface area (Å²) in [7, 11) is 2.05. The molecule has 106 valence electrons. The molecule has 2 heteroatoms. The Morgan fingerprint density at radius 3 is 2.60 bits per heavy atom. The average Bonchev–Trinajstić information content (AvgIpc) is 2.77. The third-order valence-corrected chi connectivity index (χ3v) is 3.18. The summed E-state index contributed by atoms with van der Waals surface area (Å²) >= 11 is 0. The molecular weight excluding hydrogens is 244 g/mol. The molecule has 0 aromatic rings. The lowest BCUT2D eigenvalue weighted by atomic mass is 10.1. The second-order valence-electron chi connectivity index (χ2n) is 4.57. The molecule has 1 aliphatic rings. The number of hydrogen-bond acceptors (Lipinski definition) is 2. The first-order valence-corrected chi connectivity index (χ1v) is 6.91. The number of allylic oxidation sites excluding steroid dienone is 5. The van der Waals surface area contributed by atoms with Gasteiger partial charge in [0.1, 0.15) is 5.84 Å². The van der Waals surface area contributed by atoms with Gasteiger partial charge in [-0.25, -0.2) is 0 Å². The van der Waals surface area contributed by atoms with E-state index in [1.807, 2.05) is 18.2 Å². The molecule has 0 fully saturated rings. The molecule has 2 atom stereocenters. The van der Waals surface area contributed by atoms with Crippen molar-refractivity contribution in [2.45, 2.75) is 25.4 Å². The number of amidine groups is 1. The first kappa shape index (κ1) is 16.0. The van der Waals surface area contributed by atoms with Gasteiger partial charge in [-0.15, -0.1) is 6.58 Å². The van der Waals surface area contributed by atoms with Gasteiger partial charge >= 0.3 is 0 Å². The molecule has 2 nitrogen and oxygen atoms in total. The monoisotopic (exact) mass is 268 g/mol. The maximum Gasteiger partial charge on any atom is 0.131 e. The largest absolute Gasteiger partial charge is 0.351 e. The Hall–Kier alpha value is -2.09. The number of nitrogens with zero attached hydrogens (tertiary/aromatic N) is 2. The van der Waals surface area contributed by atoms with E-state index in [0.717, 1.165) is 17.8 Å². The summed E-state index contributed by atoms with van der Waals surface area (Å²) in [4.78, 5) is 6.93. The van der Waals surface area contributed by atoms with Crippen molar-refractivity contribution in [2.24, 2.45) is 4.99 Å². The Kier molecular flexibility index (Phi) is 6.51. The van der Waals surface area contributed by atoms with Crippen molar-refractivity contribution < 1.29 is 0 Å². The molecule has 1 aliphatic heterocycles. The molecule has 0 amide bonds. The van der Waals surface area contributed by atoms with Gasteiger partial charge in [0.2, 0.25) is 0 Å². The van der Waals surface area contributed by atoms with E-state index in [-0.39, 0.29) is 12.1 Å². The summed E-state index contributed by atoms with van der Waals surface area (Å²) < 4.78 is 0. The molecular formula is C18H24N2. The fraction of sp³-hybridized carbons (Fsp3) is 0.278. The van der Waals surface area contributed by atoms with E-state index >= 15 is 0 Å². The van der Waals surface area contributed by atoms with Crippen LogP contribution in [-0.2, 0) is 0 Å². The molecule has 0 saturated heterocycles. The molecule has 0 aliphatic carbocycles. The second kappa shape index (κ2) is 8.16. The zero-order valence-electron chi connectivity index (χ0n) is 12.5. The Balaban J connectivity index is 3.10. The van der Waals surface area contributed by atoms with Crippen molar-refractivity contribution in [3.63, 3.8) is 0 Å². The van der Waals surface area contributed by atoms with Crippen LogP contribution in [0.25, 0.3) is 0 Å². The Labute approximate surface area is 122 Å². The summed E-state index contributed by atoms with van der Waals surface area (Å²) in [6.45, 7) is 13.5. The quantitative estimate of drug-likeness (QED) is 0.502. The standard InChI is InChI=1S/C18H24N2/c1-6-10-13-15(12-8-3)18-19-16(9-4)17(20(18)5)14-11-7-2/h7-14,16-17H,2-4,6H2,1,5H3/b13-10-,14-11-,15-12+. The Bertz CT molecular complexity index is 478. The zero-order valence-corrected chi connectivity index (χ0v) is 12.5. The van der Waals surface area contributed by atoms with Crippen LogP contribution >= 0.6 is 0 Å². The molecule has 0 N–H and O–H groups in total. The number of likely N-dealkylation sites (N-methyl/N-ethyl adjacent to an activating group) is 1. The van der Waals surface area contributed by atoms with Gasteiger partial charge in [0, 0.05) is 12.6 Å². The number of rotatable bonds is 7. The third-order valence-electron chi connectivity index (χ3n) is 3.18. The maximum atomic E-state index is 4.77. The highest BCUT2D eigenvalue weighted by atomic mass is 15.3. The third kappa shape index (κ3) is 3.70. The maximum absolute atomic E-state index is 4.77. The highest BCUT2D eigenvalue weighted by molar-refractivity contribution is 6.02. The lowest BCUT2D eigenvalue weighted by molar-refractivity contribution is 0.440. The topological polar surface area (TPSA) is 15.6 Å². The SMILES string of the molecule is C=C/C=C\C1C(C=C)N=C(C(/C=C\CC)=C/C=C)N1C. The second-order valence-corrected chi connectivity index (χ2v) is 4.57. The van der Waals surface area contributed by atoms with E-state index < -0.39 is 0 Å². The minimum Gasteiger partial charge on any atom is -0.351 e. The normalized spacial score (nSPS) is 23.4. The molecule has 0 aromatic heterocycles. The summed E-state index contributed by atoms with van der Waals surface area (Å²) in [6, 6.07) is 0.248. The zero-order chi connectivity index (χ0) is 15.0. The Morgan fingerprint density at radius 1 is 1.30 bits per heavy atom. The molecule has 2 unspecified atom stereocenters. The molecule has 1 rings (SSSR count). The smallest absolute Gasteiger partial charge is 0.131 e. The van der Waals surface area contributed by atoms with Gasteiger partial charge in [0.15, 0.2) is 0 Å². The van der Waals surface area contributed by atoms with Crippen LogP contribution in [0.2, 0.25) is 0 Å². The van der Waals surface area contributed by atoms with Crippen molar-refractivity contribution in [2.75, 3.05) is 7.05 Å². The van der Waals surface area contributed by atoms with Gasteiger partial charge in [-0.1, -0.05) is 68.7 Å². The van der Waals surface area contributed by atoms with Gasteiger partial charge < -0.3 is 4.90 Å². The van der Waals surface area contributed by atoms with Crippen LogP contribution in [0.4, 0.5) is 0 Å². The summed E-state index contributed by atoms with van der Waals surface area (Å²) in [5, 5.41) is 0. The van der Waals surface area contributed by atoms with E-state index in [9.17, 15) is 0 Å². The fourth-order valence-corrected chi connectivity index (χ4v) is 2.16. The highest BCUT2D eigenvalue weighted by Crippen LogP contribution is 2.23. The van der Waals surface area contributed by atoms with Crippen LogP contribution in [0.15, 0.2) is 78.9 Å². The molecule has 20 heavy (non-hydrogen) atoms. The van der Waals surface area contributed by atoms with Crippen LogP contribution in [-0.4, -0.2) is 29.9 Å². The Morgan fingerprint density at radius 2 is 2.05 bits per heavy atom. The van der Waals surface area contributed by atoms with Crippen molar-refractivity contribution >= 4 is 5.84 Å². The first-order chi connectivity index (χ1) is 9.69. The van der Waals surface area contributed by atoms with Crippen molar-refractivity contribution in [1.82, 2.24) is 4.90 Å². The molecule has 1 heterocycles. The van der Waals surface area contributed by atoms with Crippen LogP contribution in [0.1, 0.15) is 13.3 Å². The highest BCUT2D eigenvalue weighted by Gasteiger charge is 2.30. The van der Waals surface area contributed by atoms with Gasteiger partial charge in [-0.05, 0) is 6.42 Å². The minimum atomic E-state index is 0.0643. The van der Waals surface area contributed by atoms with Crippen LogP contribution in [0.5, 0.6) is 0 Å². The lowest BCUT2D eigenvalue weighted by Gasteiger charge is -2.23. The minimum absolute atomic E-state index is 0.0643. The molecule has 0 radical (unpaired) electrons. The van der Waals surface area contributed by atoms with Gasteiger partial charge in [-0.2, -0.15) is 0 Å². The van der Waals surface area contributed by atoms with E-state index in [0.29, 0.717) is 0 Å². The predicted molar refractivity (Wildman–Crippen MR) is 90.0 cm³/mol. The van der Waals surface area contributed by atoms with Gasteiger partial charge in [-0.3, -0.25) is 4.99 Å². The van der Waals surface area contributed by atoms with E-state index in [2.05, 4.69) is 56.8 Å². The number of hydrogen-bond donors (Lipinski definition) is 0. The van der Waals surface area contributed by atoms with Gasteiger partial charge in [0.05, 0.1) is 12.1 Å². The van der Waals surface area contributed by atoms with E-state index in [1.165, 1.54) is 0 Å². The molecule has 0 bridgehead atoms. The van der Waals surface area contributed by atoms with Crippen molar-refractivity contribution in [3.05, 3.63) is 73.9 Å². The predicted octanol–water partition coefficient (Wildman–Crippen LogP) is 4.07. The summed E-state index contributed by atoms with van der Waals surface area (Å²) in [5.41, 5.74) is 1.07. The summed E-state index contributed by atoms with van der Waals surface area (Å²) in [5.74, 6) is 0.971. The van der Waals surface area contributed by atoms with Crippen LogP contribution < -0.4 is 0 Å². The van der Waals surface area contributed by atoms with E-state index in [1.54, 1.807) is 12.2 Å². The van der Waals surface area contributed by atoms with Crippen molar-refractivity contribution in [3.8, 4) is 0 Å². The fourth-order valence-electron chi connectivity index (χ4n) is 2.16. The van der Waals surface area contributed by atoms with Crippen LogP contribution in [0.3, 0.4) is 0 Å². The molecule has 0 aromatic carbocycles. The van der Waals surface area contributed by atoms with Crippen molar-refractivity contribution in [1.29, 1.82) is 0 Å². The number of aliphatic imine (C=N–C) groups is 1. The van der Waals surface area contributed by atoms with Gasteiger partial charge in [0.25, 0.3) is 0 Å². The first-order valence-electron chi connectivity index (χ1n) is 6.91. The van der Waals surface area contributed by atoms with E-state index in [4.69, 9.17) is 4.99 Å². The average molecular weight is 268 g/mol. The molecule has 0 spiro atoms. The summed E-state index contributed by atoms with van der Waals surface area (Å²) in [6.07, 6.45) is 16.7.